The lowest BCUT2D eigenvalue weighted by Crippen LogP contribution is -2.47. The van der Waals surface area contributed by atoms with Crippen LogP contribution in [0.15, 0.2) is 66.7 Å². The number of benzene rings is 3. The number of anilines is 1. The smallest absolute Gasteiger partial charge is 0.240 e. The molecule has 0 saturated carbocycles. The fraction of sp³-hybridized carbons (Fsp3) is 0.406. The Morgan fingerprint density at radius 2 is 1.64 bits per heavy atom. The van der Waals surface area contributed by atoms with Gasteiger partial charge < -0.3 is 24.6 Å². The number of rotatable bonds is 9. The van der Waals surface area contributed by atoms with Crippen LogP contribution in [0.25, 0.3) is 0 Å². The van der Waals surface area contributed by atoms with E-state index in [0.717, 1.165) is 43.8 Å². The molecule has 1 fully saturated rings. The Balaban J connectivity index is 1.29. The van der Waals surface area contributed by atoms with Gasteiger partial charge in [-0.05, 0) is 59.4 Å². The number of nitrogens with zero attached hydrogens (tertiary/aromatic N) is 3. The number of amides is 1. The minimum absolute atomic E-state index is 0.152. The second kappa shape index (κ2) is 12.1. The van der Waals surface area contributed by atoms with Crippen LogP contribution in [0.3, 0.4) is 0 Å². The second-order valence-electron chi connectivity index (χ2n) is 10.8. The van der Waals surface area contributed by atoms with Crippen LogP contribution in [0.5, 0.6) is 11.5 Å². The number of ether oxygens (including phenoxy) is 2. The summed E-state index contributed by atoms with van der Waals surface area (Å²) in [6.45, 7) is 3.71. The van der Waals surface area contributed by atoms with Gasteiger partial charge in [0.25, 0.3) is 0 Å². The molecule has 1 amide bonds. The third-order valence-corrected chi connectivity index (χ3v) is 7.99. The summed E-state index contributed by atoms with van der Waals surface area (Å²) in [5.74, 6) is 1.66. The highest BCUT2D eigenvalue weighted by Gasteiger charge is 2.39. The molecule has 39 heavy (non-hydrogen) atoms. The van der Waals surface area contributed by atoms with E-state index in [-0.39, 0.29) is 18.0 Å². The van der Waals surface area contributed by atoms with Gasteiger partial charge in [0.05, 0.1) is 20.3 Å². The zero-order valence-corrected chi connectivity index (χ0v) is 23.5. The maximum atomic E-state index is 14.0. The van der Waals surface area contributed by atoms with Crippen LogP contribution < -0.4 is 19.7 Å². The number of hydrogen-bond donors (Lipinski definition) is 1. The first-order valence-corrected chi connectivity index (χ1v) is 13.8. The molecule has 5 rings (SSSR count). The Bertz CT molecular complexity index is 1260. The molecule has 1 saturated heterocycles. The molecule has 0 aliphatic carbocycles. The molecule has 2 heterocycles. The average molecular weight is 529 g/mol. The minimum atomic E-state index is -0.152. The number of carbonyl (C=O) groups excluding carboxylic acids is 1. The summed E-state index contributed by atoms with van der Waals surface area (Å²) in [5.41, 5.74) is 6.04. The minimum Gasteiger partial charge on any atom is -0.493 e. The number of carbonyl (C=O) groups is 1. The van der Waals surface area contributed by atoms with E-state index in [1.807, 2.05) is 17.0 Å². The maximum Gasteiger partial charge on any atom is 0.240 e. The molecule has 0 radical (unpaired) electrons. The summed E-state index contributed by atoms with van der Waals surface area (Å²) in [6.07, 6.45) is 1.62. The topological polar surface area (TPSA) is 57.3 Å². The van der Waals surface area contributed by atoms with Gasteiger partial charge in [-0.1, -0.05) is 42.5 Å². The Morgan fingerprint density at radius 3 is 2.31 bits per heavy atom. The van der Waals surface area contributed by atoms with Gasteiger partial charge >= 0.3 is 0 Å². The molecule has 1 N–H and O–H groups in total. The van der Waals surface area contributed by atoms with E-state index in [4.69, 9.17) is 9.47 Å². The molecule has 7 heteroatoms. The summed E-state index contributed by atoms with van der Waals surface area (Å²) >= 11 is 0. The first-order chi connectivity index (χ1) is 18.9. The number of methoxy groups -OCH3 is 2. The predicted octanol–water partition coefficient (Wildman–Crippen LogP) is 4.09. The van der Waals surface area contributed by atoms with Gasteiger partial charge in [0.15, 0.2) is 11.5 Å². The van der Waals surface area contributed by atoms with Crippen LogP contribution in [0.2, 0.25) is 0 Å². The van der Waals surface area contributed by atoms with E-state index < -0.39 is 0 Å². The lowest BCUT2D eigenvalue weighted by Gasteiger charge is -2.34. The molecule has 0 spiro atoms. The van der Waals surface area contributed by atoms with Gasteiger partial charge in [-0.2, -0.15) is 0 Å². The molecule has 3 aromatic carbocycles. The molecular weight excluding hydrogens is 488 g/mol. The van der Waals surface area contributed by atoms with E-state index in [1.165, 1.54) is 22.4 Å². The van der Waals surface area contributed by atoms with E-state index in [2.05, 4.69) is 83.8 Å². The Morgan fingerprint density at radius 1 is 0.949 bits per heavy atom. The first-order valence-electron chi connectivity index (χ1n) is 13.8. The summed E-state index contributed by atoms with van der Waals surface area (Å²) in [7, 11) is 7.42. The molecule has 206 valence electrons. The third-order valence-electron chi connectivity index (χ3n) is 7.99. The van der Waals surface area contributed by atoms with Crippen molar-refractivity contribution in [2.24, 2.45) is 0 Å². The molecule has 0 aromatic heterocycles. The molecule has 2 atom stereocenters. The highest BCUT2D eigenvalue weighted by Crippen LogP contribution is 2.34. The van der Waals surface area contributed by atoms with Crippen molar-refractivity contribution in [3.05, 3.63) is 89.0 Å². The summed E-state index contributed by atoms with van der Waals surface area (Å²) in [4.78, 5) is 20.5. The van der Waals surface area contributed by atoms with Gasteiger partial charge in [0.1, 0.15) is 0 Å². The fourth-order valence-electron chi connectivity index (χ4n) is 5.76. The molecule has 2 aliphatic rings. The van der Waals surface area contributed by atoms with Crippen LogP contribution in [0.4, 0.5) is 5.69 Å². The lowest BCUT2D eigenvalue weighted by atomic mass is 9.98. The second-order valence-corrected chi connectivity index (χ2v) is 10.8. The van der Waals surface area contributed by atoms with E-state index >= 15 is 0 Å². The summed E-state index contributed by atoms with van der Waals surface area (Å²) in [5, 5.41) is 3.74. The molecule has 0 unspecified atom stereocenters. The monoisotopic (exact) mass is 528 g/mol. The summed E-state index contributed by atoms with van der Waals surface area (Å²) < 4.78 is 11.0. The van der Waals surface area contributed by atoms with Crippen molar-refractivity contribution in [2.75, 3.05) is 46.3 Å². The standard InChI is InChI=1S/C32H40N4O3/c1-34(2)28-12-10-23(11-13-28)19-33-27-18-29(36(22-27)20-24-8-6-5-7-9-24)32(37)35-15-14-25-16-30(38-3)31(39-4)17-26(25)21-35/h5-13,16-17,27,29,33H,14-15,18-22H2,1-4H3/t27-,29-/m0/s1. The summed E-state index contributed by atoms with van der Waals surface area (Å²) in [6, 6.07) is 23.3. The van der Waals surface area contributed by atoms with Crippen molar-refractivity contribution in [3.8, 4) is 11.5 Å². The van der Waals surface area contributed by atoms with Crippen molar-refractivity contribution in [2.45, 2.75) is 44.6 Å². The molecule has 2 aliphatic heterocycles. The van der Waals surface area contributed by atoms with E-state index in [0.29, 0.717) is 18.8 Å². The van der Waals surface area contributed by atoms with Crippen LogP contribution in [0, 0.1) is 0 Å². The number of fused-ring (bicyclic) bond motifs is 1. The number of hydrogen-bond acceptors (Lipinski definition) is 6. The van der Waals surface area contributed by atoms with Gasteiger partial charge in [-0.25, -0.2) is 0 Å². The van der Waals surface area contributed by atoms with Crippen molar-refractivity contribution in [3.63, 3.8) is 0 Å². The van der Waals surface area contributed by atoms with Crippen molar-refractivity contribution >= 4 is 11.6 Å². The van der Waals surface area contributed by atoms with E-state index in [9.17, 15) is 4.79 Å². The normalized spacial score (nSPS) is 19.0. The van der Waals surface area contributed by atoms with Crippen LogP contribution in [-0.4, -0.2) is 69.2 Å². The Labute approximate surface area is 232 Å². The predicted molar refractivity (Wildman–Crippen MR) is 155 cm³/mol. The number of nitrogens with one attached hydrogen (secondary N) is 1. The quantitative estimate of drug-likeness (QED) is 0.452. The third kappa shape index (κ3) is 6.21. The molecule has 3 aromatic rings. The number of likely N-dealkylation sites (tertiary alicyclic amines) is 1. The van der Waals surface area contributed by atoms with Crippen LogP contribution in [0.1, 0.15) is 28.7 Å². The molecule has 7 nitrogen and oxygen atoms in total. The molecule has 0 bridgehead atoms. The highest BCUT2D eigenvalue weighted by molar-refractivity contribution is 5.82. The highest BCUT2D eigenvalue weighted by atomic mass is 16.5. The largest absolute Gasteiger partial charge is 0.493 e. The van der Waals surface area contributed by atoms with Gasteiger partial charge in [-0.3, -0.25) is 9.69 Å². The SMILES string of the molecule is COc1cc2c(cc1OC)CN(C(=O)[C@@H]1C[C@H](NCc3ccc(N(C)C)cc3)CN1Cc1ccccc1)CC2. The van der Waals surface area contributed by atoms with Crippen molar-refractivity contribution in [1.82, 2.24) is 15.1 Å². The Kier molecular flexibility index (Phi) is 8.38. The van der Waals surface area contributed by atoms with E-state index in [1.54, 1.807) is 14.2 Å². The first kappa shape index (κ1) is 27.0. The average Bonchev–Trinajstić information content (AvgIpc) is 3.37. The van der Waals surface area contributed by atoms with Crippen LogP contribution >= 0.6 is 0 Å². The lowest BCUT2D eigenvalue weighted by molar-refractivity contribution is -0.137. The van der Waals surface area contributed by atoms with Gasteiger partial charge in [0, 0.05) is 58.5 Å². The van der Waals surface area contributed by atoms with Crippen molar-refractivity contribution < 1.29 is 14.3 Å². The molecular formula is C32H40N4O3. The Hall–Kier alpha value is -3.55. The zero-order valence-electron chi connectivity index (χ0n) is 23.5. The van der Waals surface area contributed by atoms with Gasteiger partial charge in [-0.15, -0.1) is 0 Å². The van der Waals surface area contributed by atoms with Crippen LogP contribution in [-0.2, 0) is 30.8 Å². The fourth-order valence-corrected chi connectivity index (χ4v) is 5.76. The van der Waals surface area contributed by atoms with Gasteiger partial charge in [0.2, 0.25) is 5.91 Å². The maximum absolute atomic E-state index is 14.0. The zero-order chi connectivity index (χ0) is 27.4. The van der Waals surface area contributed by atoms with Crippen molar-refractivity contribution in [1.29, 1.82) is 0 Å².